The number of halogens is 2. The van der Waals surface area contributed by atoms with E-state index in [0.717, 1.165) is 22.5 Å². The third-order valence-corrected chi connectivity index (χ3v) is 4.87. The summed E-state index contributed by atoms with van der Waals surface area (Å²) in [5.41, 5.74) is 1.20. The largest absolute Gasteiger partial charge is 0.354 e. The minimum atomic E-state index is 0. The van der Waals surface area contributed by atoms with Crippen molar-refractivity contribution in [3.05, 3.63) is 28.2 Å². The van der Waals surface area contributed by atoms with Crippen LogP contribution in [0.5, 0.6) is 0 Å². The smallest absolute Gasteiger partial charge is 0.230 e. The van der Waals surface area contributed by atoms with Gasteiger partial charge in [0.05, 0.1) is 5.75 Å². The van der Waals surface area contributed by atoms with Gasteiger partial charge >= 0.3 is 0 Å². The lowest BCUT2D eigenvalue weighted by Gasteiger charge is -2.11. The van der Waals surface area contributed by atoms with E-state index in [-0.39, 0.29) is 18.3 Å². The molecule has 2 N–H and O–H groups in total. The van der Waals surface area contributed by atoms with Crippen molar-refractivity contribution < 1.29 is 4.79 Å². The Bertz CT molecular complexity index is 453. The Kier molecular flexibility index (Phi) is 7.95. The monoisotopic (exact) mass is 378 g/mol. The fourth-order valence-electron chi connectivity index (χ4n) is 2.14. The van der Waals surface area contributed by atoms with Crippen LogP contribution in [0.2, 0.25) is 0 Å². The number of carbonyl (C=O) groups excluding carboxylic acids is 1. The Hall–Kier alpha value is -0.230. The van der Waals surface area contributed by atoms with Crippen LogP contribution in [0.4, 0.5) is 0 Å². The highest BCUT2D eigenvalue weighted by molar-refractivity contribution is 9.10. The molecule has 0 bridgehead atoms. The molecule has 1 aliphatic rings. The van der Waals surface area contributed by atoms with Crippen LogP contribution >= 0.6 is 40.1 Å². The number of amides is 1. The quantitative estimate of drug-likeness (QED) is 0.772. The molecule has 1 atom stereocenters. The van der Waals surface area contributed by atoms with E-state index in [4.69, 9.17) is 0 Å². The Labute approximate surface area is 139 Å². The zero-order valence-electron chi connectivity index (χ0n) is 11.4. The number of hydrogen-bond acceptors (Lipinski definition) is 3. The lowest BCUT2D eigenvalue weighted by atomic mass is 10.2. The van der Waals surface area contributed by atoms with Gasteiger partial charge in [-0.05, 0) is 50.1 Å². The number of hydrogen-bond donors (Lipinski definition) is 2. The van der Waals surface area contributed by atoms with E-state index in [1.807, 2.05) is 6.07 Å². The zero-order chi connectivity index (χ0) is 13.7. The second kappa shape index (κ2) is 8.93. The molecule has 2 rings (SSSR count). The summed E-state index contributed by atoms with van der Waals surface area (Å²) >= 11 is 5.04. The van der Waals surface area contributed by atoms with Crippen molar-refractivity contribution in [3.63, 3.8) is 0 Å². The third kappa shape index (κ3) is 5.64. The van der Waals surface area contributed by atoms with Gasteiger partial charge in [-0.1, -0.05) is 15.9 Å². The molecule has 0 radical (unpaired) electrons. The van der Waals surface area contributed by atoms with Gasteiger partial charge < -0.3 is 10.6 Å². The number of aryl methyl sites for hydroxylation is 1. The average Bonchev–Trinajstić information content (AvgIpc) is 2.88. The van der Waals surface area contributed by atoms with Crippen LogP contribution in [0.1, 0.15) is 18.4 Å². The van der Waals surface area contributed by atoms with Gasteiger partial charge in [-0.3, -0.25) is 4.79 Å². The number of carbonyl (C=O) groups is 1. The molecule has 0 aliphatic carbocycles. The third-order valence-electron chi connectivity index (χ3n) is 3.20. The molecular formula is C14H20BrClN2OS. The molecule has 1 aliphatic heterocycles. The topological polar surface area (TPSA) is 41.1 Å². The maximum atomic E-state index is 11.8. The van der Waals surface area contributed by atoms with Crippen LogP contribution in [-0.2, 0) is 4.79 Å². The Morgan fingerprint density at radius 3 is 3.00 bits per heavy atom. The van der Waals surface area contributed by atoms with Crippen molar-refractivity contribution in [2.45, 2.75) is 30.7 Å². The molecule has 3 nitrogen and oxygen atoms in total. The Balaban J connectivity index is 0.00000200. The number of thioether (sulfide) groups is 1. The van der Waals surface area contributed by atoms with E-state index in [1.54, 1.807) is 11.8 Å². The van der Waals surface area contributed by atoms with Crippen LogP contribution in [0.15, 0.2) is 27.6 Å². The molecule has 1 aromatic carbocycles. The normalized spacial score (nSPS) is 17.6. The van der Waals surface area contributed by atoms with E-state index in [2.05, 4.69) is 45.6 Å². The van der Waals surface area contributed by atoms with Crippen molar-refractivity contribution in [1.29, 1.82) is 0 Å². The second-order valence-corrected chi connectivity index (χ2v) is 6.73. The fraction of sp³-hybridized carbons (Fsp3) is 0.500. The van der Waals surface area contributed by atoms with E-state index in [9.17, 15) is 4.79 Å². The SMILES string of the molecule is Cc1cc(Br)ccc1SCC(=O)NCC1CCCN1.Cl. The summed E-state index contributed by atoms with van der Waals surface area (Å²) in [7, 11) is 0. The first-order valence-electron chi connectivity index (χ1n) is 6.54. The molecule has 0 spiro atoms. The molecule has 112 valence electrons. The molecule has 1 saturated heterocycles. The van der Waals surface area contributed by atoms with Crippen LogP contribution < -0.4 is 10.6 Å². The van der Waals surface area contributed by atoms with Crippen molar-refractivity contribution >= 4 is 46.0 Å². The van der Waals surface area contributed by atoms with E-state index < -0.39 is 0 Å². The molecule has 0 aromatic heterocycles. The van der Waals surface area contributed by atoms with Crippen molar-refractivity contribution in [2.75, 3.05) is 18.8 Å². The summed E-state index contributed by atoms with van der Waals surface area (Å²) in [6.07, 6.45) is 2.38. The van der Waals surface area contributed by atoms with Gasteiger partial charge in [0.25, 0.3) is 0 Å². The van der Waals surface area contributed by atoms with Gasteiger partial charge in [-0.15, -0.1) is 24.2 Å². The van der Waals surface area contributed by atoms with Gasteiger partial charge in [-0.2, -0.15) is 0 Å². The van der Waals surface area contributed by atoms with Crippen LogP contribution in [0, 0.1) is 6.92 Å². The van der Waals surface area contributed by atoms with Crippen molar-refractivity contribution in [1.82, 2.24) is 10.6 Å². The minimum Gasteiger partial charge on any atom is -0.354 e. The number of rotatable bonds is 5. The summed E-state index contributed by atoms with van der Waals surface area (Å²) < 4.78 is 1.08. The molecule has 0 saturated carbocycles. The van der Waals surface area contributed by atoms with Crippen LogP contribution in [0.25, 0.3) is 0 Å². The highest BCUT2D eigenvalue weighted by atomic mass is 79.9. The number of benzene rings is 1. The molecular weight excluding hydrogens is 360 g/mol. The second-order valence-electron chi connectivity index (χ2n) is 4.80. The summed E-state index contributed by atoms with van der Waals surface area (Å²) in [6, 6.07) is 6.59. The molecule has 6 heteroatoms. The molecule has 1 amide bonds. The van der Waals surface area contributed by atoms with Gasteiger partial charge in [0.15, 0.2) is 0 Å². The van der Waals surface area contributed by atoms with E-state index >= 15 is 0 Å². The van der Waals surface area contributed by atoms with Crippen molar-refractivity contribution in [3.8, 4) is 0 Å². The van der Waals surface area contributed by atoms with Gasteiger partial charge in [0, 0.05) is 22.0 Å². The van der Waals surface area contributed by atoms with Crippen LogP contribution in [-0.4, -0.2) is 30.8 Å². The molecule has 1 aromatic rings. The van der Waals surface area contributed by atoms with Crippen LogP contribution in [0.3, 0.4) is 0 Å². The molecule has 20 heavy (non-hydrogen) atoms. The first kappa shape index (κ1) is 17.8. The highest BCUT2D eigenvalue weighted by Gasteiger charge is 2.14. The van der Waals surface area contributed by atoms with Gasteiger partial charge in [0.2, 0.25) is 5.91 Å². The van der Waals surface area contributed by atoms with Gasteiger partial charge in [-0.25, -0.2) is 0 Å². The first-order chi connectivity index (χ1) is 9.15. The predicted octanol–water partition coefficient (Wildman–Crippen LogP) is 3.14. The summed E-state index contributed by atoms with van der Waals surface area (Å²) in [4.78, 5) is 12.9. The minimum absolute atomic E-state index is 0. The predicted molar refractivity (Wildman–Crippen MR) is 90.9 cm³/mol. The Morgan fingerprint density at radius 1 is 1.55 bits per heavy atom. The standard InChI is InChI=1S/C14H19BrN2OS.ClH/c1-10-7-11(15)4-5-13(10)19-9-14(18)17-8-12-3-2-6-16-12;/h4-5,7,12,16H,2-3,6,8-9H2,1H3,(H,17,18);1H. The van der Waals surface area contributed by atoms with Gasteiger partial charge in [0.1, 0.15) is 0 Å². The molecule has 1 unspecified atom stereocenters. The van der Waals surface area contributed by atoms with E-state index in [1.165, 1.54) is 18.4 Å². The average molecular weight is 380 g/mol. The zero-order valence-corrected chi connectivity index (χ0v) is 14.7. The lowest BCUT2D eigenvalue weighted by Crippen LogP contribution is -2.37. The molecule has 1 fully saturated rings. The summed E-state index contributed by atoms with van der Waals surface area (Å²) in [5, 5.41) is 6.37. The summed E-state index contributed by atoms with van der Waals surface area (Å²) in [6.45, 7) is 3.89. The Morgan fingerprint density at radius 2 is 2.35 bits per heavy atom. The first-order valence-corrected chi connectivity index (χ1v) is 8.32. The summed E-state index contributed by atoms with van der Waals surface area (Å²) in [5.74, 6) is 0.593. The highest BCUT2D eigenvalue weighted by Crippen LogP contribution is 2.25. The maximum absolute atomic E-state index is 11.8. The number of nitrogens with one attached hydrogen (secondary N) is 2. The molecule has 1 heterocycles. The fourth-order valence-corrected chi connectivity index (χ4v) is 3.45. The van der Waals surface area contributed by atoms with Crippen molar-refractivity contribution in [2.24, 2.45) is 0 Å². The van der Waals surface area contributed by atoms with E-state index in [0.29, 0.717) is 11.8 Å². The lowest BCUT2D eigenvalue weighted by molar-refractivity contribution is -0.118. The maximum Gasteiger partial charge on any atom is 0.230 e.